The number of hydrogen-bond acceptors (Lipinski definition) is 3. The van der Waals surface area contributed by atoms with Crippen molar-refractivity contribution in [2.24, 2.45) is 5.41 Å². The number of carbonyl (C=O) groups is 2. The molecule has 5 rings (SSSR count). The van der Waals surface area contributed by atoms with Gasteiger partial charge in [0, 0.05) is 22.7 Å². The number of alkyl halides is 3. The lowest BCUT2D eigenvalue weighted by Crippen LogP contribution is -2.35. The summed E-state index contributed by atoms with van der Waals surface area (Å²) in [5, 5.41) is 9.50. The van der Waals surface area contributed by atoms with Gasteiger partial charge in [0.1, 0.15) is 11.9 Å². The number of halogens is 5. The number of amides is 1. The number of aromatic carboxylic acids is 1. The molecule has 3 aromatic carbocycles. The zero-order valence-electron chi connectivity index (χ0n) is 24.7. The molecule has 0 radical (unpaired) electrons. The van der Waals surface area contributed by atoms with Crippen molar-refractivity contribution in [1.29, 1.82) is 0 Å². The maximum atomic E-state index is 15.5. The summed E-state index contributed by atoms with van der Waals surface area (Å²) >= 11 is 6.42. The van der Waals surface area contributed by atoms with Crippen LogP contribution in [0, 0.1) is 18.2 Å². The molecule has 1 N–H and O–H groups in total. The van der Waals surface area contributed by atoms with Gasteiger partial charge in [-0.25, -0.2) is 14.0 Å². The van der Waals surface area contributed by atoms with Crippen molar-refractivity contribution in [3.63, 3.8) is 0 Å². The number of rotatable bonds is 6. The summed E-state index contributed by atoms with van der Waals surface area (Å²) in [6.07, 6.45) is -4.20. The van der Waals surface area contributed by atoms with Crippen molar-refractivity contribution >= 4 is 29.2 Å². The number of allylic oxidation sites excluding steroid dienone is 1. The van der Waals surface area contributed by atoms with Crippen LogP contribution in [-0.4, -0.2) is 34.7 Å². The molecule has 5 nitrogen and oxygen atoms in total. The second-order valence-corrected chi connectivity index (χ2v) is 12.8. The molecule has 1 saturated heterocycles. The first kappa shape index (κ1) is 31.6. The summed E-state index contributed by atoms with van der Waals surface area (Å²) in [6, 6.07) is 12.1. The van der Waals surface area contributed by atoms with E-state index in [2.05, 4.69) is 13.8 Å². The summed E-state index contributed by atoms with van der Waals surface area (Å²) < 4.78 is 61.7. The summed E-state index contributed by atoms with van der Waals surface area (Å²) in [4.78, 5) is 26.0. The highest BCUT2D eigenvalue weighted by molar-refractivity contribution is 6.33. The molecular weight excluding hydrogens is 598 g/mol. The third-order valence-electron chi connectivity index (χ3n) is 8.50. The molecule has 44 heavy (non-hydrogen) atoms. The molecule has 232 valence electrons. The van der Waals surface area contributed by atoms with Crippen molar-refractivity contribution in [3.8, 4) is 11.1 Å². The van der Waals surface area contributed by atoms with E-state index in [1.54, 1.807) is 38.1 Å². The largest absolute Gasteiger partial charge is 0.478 e. The van der Waals surface area contributed by atoms with Crippen LogP contribution in [0.3, 0.4) is 0 Å². The van der Waals surface area contributed by atoms with Crippen LogP contribution in [0.25, 0.3) is 16.7 Å². The van der Waals surface area contributed by atoms with Crippen LogP contribution in [0.5, 0.6) is 0 Å². The third-order valence-corrected chi connectivity index (χ3v) is 8.81. The fourth-order valence-corrected chi connectivity index (χ4v) is 6.49. The number of benzene rings is 3. The molecule has 0 spiro atoms. The Morgan fingerprint density at radius 3 is 2.48 bits per heavy atom. The molecule has 1 heterocycles. The minimum Gasteiger partial charge on any atom is -0.478 e. The lowest BCUT2D eigenvalue weighted by Gasteiger charge is -2.35. The number of aryl methyl sites for hydroxylation is 1. The van der Waals surface area contributed by atoms with E-state index in [9.17, 15) is 27.9 Å². The molecule has 2 aliphatic rings. The van der Waals surface area contributed by atoms with Crippen LogP contribution in [0.4, 0.5) is 22.4 Å². The minimum atomic E-state index is -4.54. The Labute approximate surface area is 258 Å². The normalized spacial score (nSPS) is 20.2. The Balaban J connectivity index is 1.51. The molecule has 0 saturated carbocycles. The Kier molecular flexibility index (Phi) is 8.31. The lowest BCUT2D eigenvalue weighted by atomic mass is 9.72. The van der Waals surface area contributed by atoms with Gasteiger partial charge < -0.3 is 9.84 Å². The molecule has 1 amide bonds. The molecule has 1 aliphatic heterocycles. The van der Waals surface area contributed by atoms with Crippen molar-refractivity contribution in [3.05, 3.63) is 98.8 Å². The topological polar surface area (TPSA) is 66.8 Å². The van der Waals surface area contributed by atoms with Crippen LogP contribution in [0.1, 0.15) is 78.7 Å². The van der Waals surface area contributed by atoms with Crippen LogP contribution in [0.2, 0.25) is 5.02 Å². The van der Waals surface area contributed by atoms with E-state index in [4.69, 9.17) is 16.3 Å². The molecule has 1 aliphatic carbocycles. The van der Waals surface area contributed by atoms with Gasteiger partial charge in [0.2, 0.25) is 0 Å². The first-order chi connectivity index (χ1) is 20.5. The SMILES string of the molecule is Cc1cc([C@H]2OC(=O)N(CC3=C(c4cc(-c5ccc(C(=O)O)cc5Cl)ccc4F)CCC(C)(C)C3)[C@H]2C)cc(C(F)(F)F)c1. The molecule has 3 aromatic rings. The van der Waals surface area contributed by atoms with Crippen LogP contribution in [0.15, 0.2) is 60.2 Å². The van der Waals surface area contributed by atoms with E-state index in [1.165, 1.54) is 23.1 Å². The molecule has 10 heteroatoms. The van der Waals surface area contributed by atoms with Crippen molar-refractivity contribution in [2.45, 2.75) is 65.3 Å². The van der Waals surface area contributed by atoms with Gasteiger partial charge in [0.15, 0.2) is 0 Å². The highest BCUT2D eigenvalue weighted by atomic mass is 35.5. The van der Waals surface area contributed by atoms with Crippen LogP contribution < -0.4 is 0 Å². The summed E-state index contributed by atoms with van der Waals surface area (Å²) in [5.41, 5.74) is 2.87. The maximum absolute atomic E-state index is 15.5. The molecule has 1 fully saturated rings. The predicted octanol–water partition coefficient (Wildman–Crippen LogP) is 9.72. The molecule has 0 bridgehead atoms. The monoisotopic (exact) mass is 629 g/mol. The quantitative estimate of drug-likeness (QED) is 0.276. The van der Waals surface area contributed by atoms with Gasteiger partial charge in [-0.15, -0.1) is 0 Å². The van der Waals surface area contributed by atoms with Gasteiger partial charge in [-0.3, -0.25) is 4.90 Å². The number of carboxylic acids is 1. The van der Waals surface area contributed by atoms with Gasteiger partial charge in [-0.2, -0.15) is 13.2 Å². The predicted molar refractivity (Wildman–Crippen MR) is 160 cm³/mol. The minimum absolute atomic E-state index is 0.0332. The van der Waals surface area contributed by atoms with Gasteiger partial charge in [0.25, 0.3) is 0 Å². The van der Waals surface area contributed by atoms with Crippen LogP contribution in [-0.2, 0) is 10.9 Å². The van der Waals surface area contributed by atoms with E-state index in [0.29, 0.717) is 35.1 Å². The number of nitrogens with zero attached hydrogens (tertiary/aromatic N) is 1. The average molecular weight is 630 g/mol. The Morgan fingerprint density at radius 1 is 1.09 bits per heavy atom. The Hall–Kier alpha value is -3.85. The molecule has 2 atom stereocenters. The summed E-state index contributed by atoms with van der Waals surface area (Å²) in [5.74, 6) is -1.56. The zero-order chi connectivity index (χ0) is 32.1. The van der Waals surface area contributed by atoms with Gasteiger partial charge in [-0.05, 0) is 97.2 Å². The zero-order valence-corrected chi connectivity index (χ0v) is 25.4. The number of carboxylic acid groups (broad SMARTS) is 1. The molecule has 0 unspecified atom stereocenters. The first-order valence-electron chi connectivity index (χ1n) is 14.2. The number of hydrogen-bond donors (Lipinski definition) is 1. The first-order valence-corrected chi connectivity index (χ1v) is 14.6. The van der Waals surface area contributed by atoms with Crippen molar-refractivity contribution in [1.82, 2.24) is 4.90 Å². The van der Waals surface area contributed by atoms with E-state index in [1.807, 2.05) is 0 Å². The van der Waals surface area contributed by atoms with Gasteiger partial charge in [0.05, 0.1) is 17.2 Å². The second-order valence-electron chi connectivity index (χ2n) is 12.4. The molecular formula is C34H32ClF4NO4. The Bertz CT molecular complexity index is 1680. The fraction of sp³-hybridized carbons (Fsp3) is 0.353. The lowest BCUT2D eigenvalue weighted by molar-refractivity contribution is -0.137. The standard InChI is InChI=1S/C34H32ClF4NO4/c1-18-11-22(13-24(12-18)34(37,38)39)30-19(2)40(32(43)44-30)17-23-16-33(3,4)10-9-25(23)27-14-20(6-8-29(27)36)26-7-5-21(31(41)42)15-28(26)35/h5-8,11-15,19,30H,9-10,16-17H2,1-4H3,(H,41,42)/t19-,30-/m0/s1. The third kappa shape index (κ3) is 6.34. The van der Waals surface area contributed by atoms with Crippen LogP contribution >= 0.6 is 11.6 Å². The number of carbonyl (C=O) groups excluding carboxylic acids is 1. The van der Waals surface area contributed by atoms with Gasteiger partial charge >= 0.3 is 18.2 Å². The van der Waals surface area contributed by atoms with E-state index in [0.717, 1.165) is 29.7 Å². The van der Waals surface area contributed by atoms with E-state index < -0.39 is 41.8 Å². The van der Waals surface area contributed by atoms with Crippen molar-refractivity contribution in [2.75, 3.05) is 6.54 Å². The smallest absolute Gasteiger partial charge is 0.416 e. The number of ether oxygens (including phenoxy) is 1. The summed E-state index contributed by atoms with van der Waals surface area (Å²) in [7, 11) is 0. The second kappa shape index (κ2) is 11.6. The molecule has 0 aromatic heterocycles. The highest BCUT2D eigenvalue weighted by Crippen LogP contribution is 2.45. The Morgan fingerprint density at radius 2 is 1.82 bits per heavy atom. The van der Waals surface area contributed by atoms with Crippen molar-refractivity contribution < 1.29 is 37.0 Å². The van der Waals surface area contributed by atoms with E-state index >= 15 is 4.39 Å². The average Bonchev–Trinajstić information content (AvgIpc) is 3.21. The number of cyclic esters (lactones) is 1. The maximum Gasteiger partial charge on any atom is 0.416 e. The fourth-order valence-electron chi connectivity index (χ4n) is 6.20. The summed E-state index contributed by atoms with van der Waals surface area (Å²) in [6.45, 7) is 7.63. The highest BCUT2D eigenvalue weighted by Gasteiger charge is 2.42. The van der Waals surface area contributed by atoms with E-state index in [-0.39, 0.29) is 28.1 Å². The van der Waals surface area contributed by atoms with Gasteiger partial charge in [-0.1, -0.05) is 49.2 Å².